The van der Waals surface area contributed by atoms with Crippen molar-refractivity contribution in [1.29, 1.82) is 0 Å². The Labute approximate surface area is 171 Å². The Morgan fingerprint density at radius 1 is 1.21 bits per heavy atom. The van der Waals surface area contributed by atoms with Crippen LogP contribution in [0.3, 0.4) is 0 Å². The molecule has 150 valence electrons. The number of nitrogens with one attached hydrogen (secondary N) is 1. The number of rotatable bonds is 7. The number of aromatic nitrogens is 2. The number of ether oxygens (including phenoxy) is 1. The van der Waals surface area contributed by atoms with E-state index in [1.54, 1.807) is 18.2 Å². The lowest BCUT2D eigenvalue weighted by molar-refractivity contribution is 0.286. The highest BCUT2D eigenvalue weighted by molar-refractivity contribution is 5.52. The van der Waals surface area contributed by atoms with Gasteiger partial charge in [0.2, 0.25) is 0 Å². The molecule has 1 aliphatic heterocycles. The minimum atomic E-state index is -0.349. The maximum Gasteiger partial charge on any atom is 0.165 e. The van der Waals surface area contributed by atoms with Crippen LogP contribution >= 0.6 is 0 Å². The molecule has 1 aromatic heterocycles. The van der Waals surface area contributed by atoms with E-state index in [9.17, 15) is 4.39 Å². The second-order valence-electron chi connectivity index (χ2n) is 7.66. The molecule has 5 heteroatoms. The molecule has 1 saturated heterocycles. The summed E-state index contributed by atoms with van der Waals surface area (Å²) in [6.45, 7) is 5.51. The lowest BCUT2D eigenvalue weighted by Gasteiger charge is -2.16. The summed E-state index contributed by atoms with van der Waals surface area (Å²) in [7, 11) is 0. The maximum atomic E-state index is 13.7. The third kappa shape index (κ3) is 5.12. The zero-order valence-electron chi connectivity index (χ0n) is 16.6. The van der Waals surface area contributed by atoms with Crippen molar-refractivity contribution in [3.05, 3.63) is 89.0 Å². The molecule has 1 atom stereocenters. The normalized spacial score (nSPS) is 17.6. The minimum Gasteiger partial charge on any atom is -0.484 e. The van der Waals surface area contributed by atoms with Gasteiger partial charge in [-0.1, -0.05) is 54.1 Å². The number of hydrogen-bond donors (Lipinski definition) is 1. The van der Waals surface area contributed by atoms with Crippen LogP contribution in [0.2, 0.25) is 0 Å². The van der Waals surface area contributed by atoms with Crippen LogP contribution in [0.4, 0.5) is 4.39 Å². The Morgan fingerprint density at radius 3 is 2.83 bits per heavy atom. The van der Waals surface area contributed by atoms with Crippen molar-refractivity contribution in [3.63, 3.8) is 0 Å². The molecule has 0 radical (unpaired) electrons. The summed E-state index contributed by atoms with van der Waals surface area (Å²) in [4.78, 5) is 2.48. The Bertz CT molecular complexity index is 967. The van der Waals surface area contributed by atoms with E-state index in [1.807, 2.05) is 12.1 Å². The number of H-pyrrole nitrogens is 1. The van der Waals surface area contributed by atoms with Crippen molar-refractivity contribution < 1.29 is 9.13 Å². The summed E-state index contributed by atoms with van der Waals surface area (Å²) in [5.41, 5.74) is 4.52. The summed E-state index contributed by atoms with van der Waals surface area (Å²) >= 11 is 0. The SMILES string of the molecule is C/C(=C\c1ccccc1)CN1CC[C@@H](c2cc(COc3ccccc3F)[nH]n2)C1. The first-order valence-electron chi connectivity index (χ1n) is 10.0. The van der Waals surface area contributed by atoms with E-state index in [0.29, 0.717) is 5.92 Å². The first-order valence-corrected chi connectivity index (χ1v) is 10.0. The van der Waals surface area contributed by atoms with E-state index in [-0.39, 0.29) is 18.2 Å². The average Bonchev–Trinajstić information content (AvgIpc) is 3.37. The van der Waals surface area contributed by atoms with Gasteiger partial charge in [-0.3, -0.25) is 10.00 Å². The third-order valence-electron chi connectivity index (χ3n) is 5.25. The first-order chi connectivity index (χ1) is 14.2. The summed E-state index contributed by atoms with van der Waals surface area (Å²) in [6, 6.07) is 18.9. The molecule has 2 aromatic carbocycles. The fourth-order valence-electron chi connectivity index (χ4n) is 3.83. The molecule has 0 amide bonds. The average molecular weight is 391 g/mol. The van der Waals surface area contributed by atoms with E-state index < -0.39 is 0 Å². The second-order valence-corrected chi connectivity index (χ2v) is 7.66. The molecule has 0 bridgehead atoms. The maximum absolute atomic E-state index is 13.7. The lowest BCUT2D eigenvalue weighted by Crippen LogP contribution is -2.22. The number of para-hydroxylation sites is 1. The smallest absolute Gasteiger partial charge is 0.165 e. The summed E-state index contributed by atoms with van der Waals surface area (Å²) in [5.74, 6) is 0.326. The van der Waals surface area contributed by atoms with Gasteiger partial charge in [0, 0.05) is 19.0 Å². The van der Waals surface area contributed by atoms with Crippen LogP contribution in [0.5, 0.6) is 5.75 Å². The topological polar surface area (TPSA) is 41.1 Å². The summed E-state index contributed by atoms with van der Waals surface area (Å²) < 4.78 is 19.2. The molecular formula is C24H26FN3O. The monoisotopic (exact) mass is 391 g/mol. The Hall–Kier alpha value is -2.92. The van der Waals surface area contributed by atoms with E-state index in [4.69, 9.17) is 4.74 Å². The number of aromatic amines is 1. The highest BCUT2D eigenvalue weighted by Crippen LogP contribution is 2.27. The van der Waals surface area contributed by atoms with Crippen LogP contribution in [-0.2, 0) is 6.61 Å². The van der Waals surface area contributed by atoms with Gasteiger partial charge >= 0.3 is 0 Å². The van der Waals surface area contributed by atoms with Crippen molar-refractivity contribution in [3.8, 4) is 5.75 Å². The van der Waals surface area contributed by atoms with Gasteiger partial charge in [-0.25, -0.2) is 4.39 Å². The molecular weight excluding hydrogens is 365 g/mol. The van der Waals surface area contributed by atoms with E-state index >= 15 is 0 Å². The Morgan fingerprint density at radius 2 is 2.00 bits per heavy atom. The molecule has 4 nitrogen and oxygen atoms in total. The van der Waals surface area contributed by atoms with Crippen molar-refractivity contribution in [2.75, 3.05) is 19.6 Å². The Kier molecular flexibility index (Phi) is 6.06. The van der Waals surface area contributed by atoms with E-state index in [1.165, 1.54) is 17.2 Å². The molecule has 4 rings (SSSR count). The molecule has 2 heterocycles. The van der Waals surface area contributed by atoms with Crippen LogP contribution < -0.4 is 4.74 Å². The minimum absolute atomic E-state index is 0.261. The molecule has 0 aliphatic carbocycles. The zero-order valence-corrected chi connectivity index (χ0v) is 16.6. The molecule has 3 aromatic rings. The fraction of sp³-hybridized carbons (Fsp3) is 0.292. The number of benzene rings is 2. The van der Waals surface area contributed by atoms with Gasteiger partial charge < -0.3 is 4.74 Å². The van der Waals surface area contributed by atoms with Crippen LogP contribution in [0, 0.1) is 5.82 Å². The number of halogens is 1. The molecule has 1 fully saturated rings. The number of nitrogens with zero attached hydrogens (tertiary/aromatic N) is 2. The number of likely N-dealkylation sites (tertiary alicyclic amines) is 1. The molecule has 0 saturated carbocycles. The fourth-order valence-corrected chi connectivity index (χ4v) is 3.83. The van der Waals surface area contributed by atoms with Gasteiger partial charge in [-0.2, -0.15) is 5.10 Å². The highest BCUT2D eigenvalue weighted by Gasteiger charge is 2.25. The van der Waals surface area contributed by atoms with Crippen molar-refractivity contribution in [1.82, 2.24) is 15.1 Å². The van der Waals surface area contributed by atoms with Crippen molar-refractivity contribution in [2.45, 2.75) is 25.9 Å². The Balaban J connectivity index is 1.30. The van der Waals surface area contributed by atoms with Crippen LogP contribution in [0.1, 0.15) is 36.2 Å². The summed E-state index contributed by atoms with van der Waals surface area (Å²) in [5, 5.41) is 7.51. The van der Waals surface area contributed by atoms with Gasteiger partial charge in [0.1, 0.15) is 6.61 Å². The molecule has 0 unspecified atom stereocenters. The molecule has 29 heavy (non-hydrogen) atoms. The predicted octanol–water partition coefficient (Wildman–Crippen LogP) is 5.02. The van der Waals surface area contributed by atoms with E-state index in [2.05, 4.69) is 52.4 Å². The largest absolute Gasteiger partial charge is 0.484 e. The summed E-state index contributed by atoms with van der Waals surface area (Å²) in [6.07, 6.45) is 3.34. The first kappa shape index (κ1) is 19.4. The standard InChI is InChI=1S/C24H26FN3O/c1-18(13-19-7-3-2-4-8-19)15-28-12-11-20(16-28)23-14-21(26-27-23)17-29-24-10-6-5-9-22(24)25/h2-10,13-14,20H,11-12,15-17H2,1H3,(H,26,27)/b18-13+/t20-/m1/s1. The van der Waals surface area contributed by atoms with Gasteiger partial charge in [0.15, 0.2) is 11.6 Å². The molecule has 1 aliphatic rings. The van der Waals surface area contributed by atoms with Gasteiger partial charge in [0.05, 0.1) is 11.4 Å². The van der Waals surface area contributed by atoms with Crippen molar-refractivity contribution >= 4 is 6.08 Å². The van der Waals surface area contributed by atoms with Crippen LogP contribution in [0.15, 0.2) is 66.2 Å². The quantitative estimate of drug-likeness (QED) is 0.615. The predicted molar refractivity (Wildman–Crippen MR) is 113 cm³/mol. The van der Waals surface area contributed by atoms with Gasteiger partial charge in [0.25, 0.3) is 0 Å². The van der Waals surface area contributed by atoms with Gasteiger partial charge in [-0.05, 0) is 43.7 Å². The highest BCUT2D eigenvalue weighted by atomic mass is 19.1. The van der Waals surface area contributed by atoms with Crippen LogP contribution in [0.25, 0.3) is 6.08 Å². The number of hydrogen-bond acceptors (Lipinski definition) is 3. The van der Waals surface area contributed by atoms with Crippen LogP contribution in [-0.4, -0.2) is 34.7 Å². The lowest BCUT2D eigenvalue weighted by atomic mass is 10.1. The molecule has 0 spiro atoms. The molecule has 1 N–H and O–H groups in total. The third-order valence-corrected chi connectivity index (χ3v) is 5.25. The van der Waals surface area contributed by atoms with Crippen molar-refractivity contribution in [2.24, 2.45) is 0 Å². The van der Waals surface area contributed by atoms with Gasteiger partial charge in [-0.15, -0.1) is 0 Å². The second kappa shape index (κ2) is 9.05. The zero-order chi connectivity index (χ0) is 20.1. The van der Waals surface area contributed by atoms with E-state index in [0.717, 1.165) is 37.4 Å².